The monoisotopic (exact) mass is 638 g/mol. The molecule has 0 aromatic heterocycles. The Labute approximate surface area is 216 Å². The van der Waals surface area contributed by atoms with Crippen molar-refractivity contribution < 1.29 is 39.0 Å². The van der Waals surface area contributed by atoms with Gasteiger partial charge in [-0.25, -0.2) is 0 Å². The van der Waals surface area contributed by atoms with Crippen molar-refractivity contribution in [2.24, 2.45) is 10.3 Å². The molecule has 0 atom stereocenters. The molecule has 2 aromatic rings. The van der Waals surface area contributed by atoms with Crippen molar-refractivity contribution in [1.82, 2.24) is 10.6 Å². The van der Waals surface area contributed by atoms with Crippen LogP contribution in [0.3, 0.4) is 0 Å². The van der Waals surface area contributed by atoms with Gasteiger partial charge in [-0.05, 0) is 0 Å². The molecule has 2 rings (SSSR count). The number of benzene rings is 2. The first-order chi connectivity index (χ1) is 17.2. The molecule has 0 unspecified atom stereocenters. The standard InChI is InChI=1S/C22H24F2N4O6Se2/c23-15-9-13(1-3-19(15)29)11-17(27-33)21(31)25-5-7-35-36-8-6-26-22(32)18(28-34)12-14-2-4-20(30)16(24)10-14/h1-4,9-10,29-30,33-34H,5-8,11-12H2,(H,25,31)(H,26,32)/b27-17+,28-18+. The van der Waals surface area contributed by atoms with Crippen LogP contribution < -0.4 is 10.6 Å². The molecule has 0 heterocycles. The molecule has 36 heavy (non-hydrogen) atoms. The Kier molecular flexibility index (Phi) is 12.1. The summed E-state index contributed by atoms with van der Waals surface area (Å²) >= 11 is 0.443. The molecule has 0 bridgehead atoms. The maximum absolute atomic E-state index is 13.4. The summed E-state index contributed by atoms with van der Waals surface area (Å²) in [6.45, 7) is 0.723. The molecule has 2 aromatic carbocycles. The third-order valence-electron chi connectivity index (χ3n) is 4.56. The Hall–Kier alpha value is -3.18. The Morgan fingerprint density at radius 1 is 0.750 bits per heavy atom. The van der Waals surface area contributed by atoms with E-state index in [4.69, 9.17) is 10.4 Å². The number of amides is 2. The van der Waals surface area contributed by atoms with Gasteiger partial charge in [0, 0.05) is 0 Å². The van der Waals surface area contributed by atoms with Crippen molar-refractivity contribution in [3.05, 3.63) is 59.2 Å². The zero-order chi connectivity index (χ0) is 26.5. The molecule has 0 saturated carbocycles. The SMILES string of the molecule is O=C(NCC[Se][Se]CCNC(=O)/C(Cc1ccc(O)c(F)c1)=N/O)/C(Cc1ccc(O)c(F)c1)=N/O. The van der Waals surface area contributed by atoms with E-state index in [-0.39, 0.29) is 50.5 Å². The van der Waals surface area contributed by atoms with Gasteiger partial charge in [0.2, 0.25) is 0 Å². The Morgan fingerprint density at radius 3 is 1.47 bits per heavy atom. The van der Waals surface area contributed by atoms with E-state index in [0.29, 0.717) is 24.2 Å². The molecular weight excluding hydrogens is 612 g/mol. The van der Waals surface area contributed by atoms with Crippen molar-refractivity contribution >= 4 is 49.5 Å². The topological polar surface area (TPSA) is 164 Å². The van der Waals surface area contributed by atoms with Gasteiger partial charge in [-0.3, -0.25) is 0 Å². The van der Waals surface area contributed by atoms with E-state index in [0.717, 1.165) is 34.9 Å². The van der Waals surface area contributed by atoms with Crippen molar-refractivity contribution in [1.29, 1.82) is 0 Å². The molecule has 2 amide bonds. The maximum atomic E-state index is 13.4. The Morgan fingerprint density at radius 2 is 1.14 bits per heavy atom. The van der Waals surface area contributed by atoms with E-state index in [2.05, 4.69) is 20.9 Å². The van der Waals surface area contributed by atoms with Crippen LogP contribution in [0.15, 0.2) is 46.7 Å². The van der Waals surface area contributed by atoms with Gasteiger partial charge < -0.3 is 0 Å². The van der Waals surface area contributed by atoms with E-state index in [1.165, 1.54) is 12.1 Å². The summed E-state index contributed by atoms with van der Waals surface area (Å²) in [5.74, 6) is -3.85. The van der Waals surface area contributed by atoms with E-state index in [1.54, 1.807) is 0 Å². The van der Waals surface area contributed by atoms with E-state index >= 15 is 0 Å². The van der Waals surface area contributed by atoms with E-state index in [9.17, 15) is 28.6 Å². The van der Waals surface area contributed by atoms with Crippen molar-refractivity contribution in [3.63, 3.8) is 0 Å². The number of carbonyl (C=O) groups is 2. The van der Waals surface area contributed by atoms with E-state index < -0.39 is 34.9 Å². The third kappa shape index (κ3) is 9.46. The fourth-order valence-corrected chi connectivity index (χ4v) is 8.42. The Balaban J connectivity index is 1.62. The minimum atomic E-state index is -0.834. The fraction of sp³-hybridized carbons (Fsp3) is 0.273. The second-order valence-electron chi connectivity index (χ2n) is 7.17. The summed E-state index contributed by atoms with van der Waals surface area (Å²) in [5, 5.41) is 49.3. The number of carbonyl (C=O) groups excluding carboxylic acids is 2. The first-order valence-electron chi connectivity index (χ1n) is 10.4. The van der Waals surface area contributed by atoms with Gasteiger partial charge in [0.05, 0.1) is 0 Å². The number of halogens is 2. The molecule has 10 nitrogen and oxygen atoms in total. The van der Waals surface area contributed by atoms with Crippen LogP contribution in [0.1, 0.15) is 11.1 Å². The number of oxime groups is 2. The summed E-state index contributed by atoms with van der Waals surface area (Å²) in [4.78, 5) is 24.3. The molecule has 6 N–H and O–H groups in total. The molecule has 0 spiro atoms. The summed E-state index contributed by atoms with van der Waals surface area (Å²) in [5.41, 5.74) is 0.370. The number of hydrogen-bond acceptors (Lipinski definition) is 8. The number of aromatic hydroxyl groups is 2. The number of rotatable bonds is 13. The van der Waals surface area contributed by atoms with Crippen LogP contribution in [0.25, 0.3) is 0 Å². The molecule has 14 heteroatoms. The molecule has 0 saturated heterocycles. The van der Waals surface area contributed by atoms with Crippen LogP contribution in [0.4, 0.5) is 8.78 Å². The predicted molar refractivity (Wildman–Crippen MR) is 129 cm³/mol. The third-order valence-corrected chi connectivity index (χ3v) is 11.9. The van der Waals surface area contributed by atoms with Crippen LogP contribution in [-0.4, -0.2) is 83.2 Å². The van der Waals surface area contributed by atoms with Gasteiger partial charge in [-0.15, -0.1) is 0 Å². The molecule has 0 fully saturated rings. The van der Waals surface area contributed by atoms with Crippen molar-refractivity contribution in [3.8, 4) is 11.5 Å². The van der Waals surface area contributed by atoms with Crippen LogP contribution >= 0.6 is 0 Å². The van der Waals surface area contributed by atoms with Gasteiger partial charge in [0.25, 0.3) is 0 Å². The summed E-state index contributed by atoms with van der Waals surface area (Å²) in [7, 11) is 0. The van der Waals surface area contributed by atoms with Gasteiger partial charge in [0.15, 0.2) is 0 Å². The molecule has 0 aliphatic rings. The van der Waals surface area contributed by atoms with Crippen LogP contribution in [0.5, 0.6) is 11.5 Å². The van der Waals surface area contributed by atoms with Crippen molar-refractivity contribution in [2.45, 2.75) is 23.5 Å². The van der Waals surface area contributed by atoms with Gasteiger partial charge in [-0.2, -0.15) is 0 Å². The zero-order valence-corrected chi connectivity index (χ0v) is 22.2. The van der Waals surface area contributed by atoms with Crippen LogP contribution in [0, 0.1) is 11.6 Å². The number of nitrogens with one attached hydrogen (secondary N) is 2. The quantitative estimate of drug-likeness (QED) is 0.0637. The summed E-state index contributed by atoms with van der Waals surface area (Å²) < 4.78 is 26.8. The molecule has 0 aliphatic heterocycles. The number of phenols is 2. The molecule has 0 aliphatic carbocycles. The second kappa shape index (κ2) is 15.0. The fourth-order valence-electron chi connectivity index (χ4n) is 2.76. The Bertz CT molecular complexity index is 1050. The minimum absolute atomic E-state index is 0.102. The molecular formula is C22H24F2N4O6Se2. The van der Waals surface area contributed by atoms with Crippen molar-refractivity contribution in [2.75, 3.05) is 13.1 Å². The molecule has 0 radical (unpaired) electrons. The van der Waals surface area contributed by atoms with Crippen LogP contribution in [-0.2, 0) is 22.4 Å². The predicted octanol–water partition coefficient (Wildman–Crippen LogP) is 1.21. The number of phenolic OH excluding ortho intramolecular Hbond substituents is 2. The van der Waals surface area contributed by atoms with Gasteiger partial charge in [-0.1, -0.05) is 0 Å². The van der Waals surface area contributed by atoms with Crippen LogP contribution in [0.2, 0.25) is 10.6 Å². The van der Waals surface area contributed by atoms with Gasteiger partial charge in [0.1, 0.15) is 0 Å². The first-order valence-corrected chi connectivity index (χ1v) is 17.2. The summed E-state index contributed by atoms with van der Waals surface area (Å²) in [6, 6.07) is 7.26. The normalized spacial score (nSPS) is 11.8. The average molecular weight is 636 g/mol. The second-order valence-corrected chi connectivity index (χ2v) is 15.0. The first kappa shape index (κ1) is 29.1. The summed E-state index contributed by atoms with van der Waals surface area (Å²) in [6.07, 6.45) is -0.204. The van der Waals surface area contributed by atoms with E-state index in [1.807, 2.05) is 0 Å². The van der Waals surface area contributed by atoms with Gasteiger partial charge >= 0.3 is 217 Å². The number of nitrogens with zero attached hydrogens (tertiary/aromatic N) is 2. The zero-order valence-electron chi connectivity index (χ0n) is 18.8. The molecule has 194 valence electrons. The average Bonchev–Trinajstić information content (AvgIpc) is 2.86. The number of hydrogen-bond donors (Lipinski definition) is 6.